The molecule has 0 radical (unpaired) electrons. The molecule has 0 aromatic heterocycles. The molecular formula is C33H53F5O3S. The maximum absolute atomic E-state index is 13.0. The van der Waals surface area contributed by atoms with E-state index in [-0.39, 0.29) is 22.7 Å². The largest absolute Gasteiger partial charge is 0.453 e. The lowest BCUT2D eigenvalue weighted by atomic mass is 9.42. The Kier molecular flexibility index (Phi) is 11.3. The number of halogens is 5. The average Bonchev–Trinajstić information content (AvgIpc) is 3.21. The second-order valence-corrected chi connectivity index (χ2v) is 16.5. The van der Waals surface area contributed by atoms with Crippen LogP contribution in [0.3, 0.4) is 0 Å². The van der Waals surface area contributed by atoms with Gasteiger partial charge in [-0.05, 0) is 91.8 Å². The van der Waals surface area contributed by atoms with E-state index in [9.17, 15) is 36.1 Å². The van der Waals surface area contributed by atoms with E-state index in [2.05, 4.69) is 13.8 Å². The summed E-state index contributed by atoms with van der Waals surface area (Å²) in [7, 11) is -1.35. The van der Waals surface area contributed by atoms with Crippen LogP contribution in [0.2, 0.25) is 0 Å². The van der Waals surface area contributed by atoms with Crippen LogP contribution in [0, 0.1) is 40.4 Å². The van der Waals surface area contributed by atoms with Crippen LogP contribution in [0.4, 0.5) is 22.0 Å². The number of alkyl halides is 5. The Hall–Kier alpha value is -0.570. The number of carbonyl (C=O) groups is 1. The van der Waals surface area contributed by atoms with Gasteiger partial charge in [0.25, 0.3) is 0 Å². The van der Waals surface area contributed by atoms with Crippen molar-refractivity contribution in [2.24, 2.45) is 40.4 Å². The number of aliphatic hydroxyl groups excluding tert-OH is 1. The van der Waals surface area contributed by atoms with Gasteiger partial charge in [-0.25, -0.2) is 0 Å². The van der Waals surface area contributed by atoms with Gasteiger partial charge in [0, 0.05) is 41.6 Å². The fraction of sp³-hybridized carbons (Fsp3) is 0.970. The van der Waals surface area contributed by atoms with Crippen LogP contribution in [0.15, 0.2) is 0 Å². The fourth-order valence-electron chi connectivity index (χ4n) is 9.74. The maximum atomic E-state index is 13.0. The van der Waals surface area contributed by atoms with E-state index in [0.717, 1.165) is 70.6 Å². The standard InChI is InChI=1S/C33H53F5O3S/c1-30-17-14-25(39)22-24(30)21-23(29-26-12-13-28(40)31(26,2)18-15-27(29)30)11-8-6-4-3-5-7-9-19-42(41)20-10-16-32(34,35)33(36,37)38/h23-24,26-29,40H,3-22H2,1-2H3/t23-,24?,26+,27+,28+,29+,30+,31+,42?/m1/s1. The summed E-state index contributed by atoms with van der Waals surface area (Å²) < 4.78 is 74.6. The van der Waals surface area contributed by atoms with Crippen molar-refractivity contribution in [3.63, 3.8) is 0 Å². The van der Waals surface area contributed by atoms with E-state index < -0.39 is 35.7 Å². The first-order valence-electron chi connectivity index (χ1n) is 16.7. The molecule has 4 aliphatic carbocycles. The summed E-state index contributed by atoms with van der Waals surface area (Å²) in [5.41, 5.74) is 0.312. The Bertz CT molecular complexity index is 941. The van der Waals surface area contributed by atoms with Gasteiger partial charge in [-0.3, -0.25) is 9.00 Å². The van der Waals surface area contributed by atoms with E-state index in [1.807, 2.05) is 0 Å². The second kappa shape index (κ2) is 13.8. The normalized spacial score (nSPS) is 37.7. The highest BCUT2D eigenvalue weighted by Gasteiger charge is 2.62. The van der Waals surface area contributed by atoms with Gasteiger partial charge in [0.15, 0.2) is 0 Å². The van der Waals surface area contributed by atoms with Crippen molar-refractivity contribution < 1.29 is 36.1 Å². The van der Waals surface area contributed by atoms with E-state index in [4.69, 9.17) is 0 Å². The summed E-state index contributed by atoms with van der Waals surface area (Å²) in [5, 5.41) is 10.9. The Morgan fingerprint density at radius 2 is 1.45 bits per heavy atom. The minimum atomic E-state index is -5.54. The molecule has 2 unspecified atom stereocenters. The van der Waals surface area contributed by atoms with E-state index in [1.54, 1.807) is 0 Å². The highest BCUT2D eigenvalue weighted by atomic mass is 32.2. The Labute approximate surface area is 252 Å². The molecule has 3 nitrogen and oxygen atoms in total. The number of fused-ring (bicyclic) bond motifs is 5. The van der Waals surface area contributed by atoms with Gasteiger partial charge in [-0.2, -0.15) is 22.0 Å². The summed E-state index contributed by atoms with van der Waals surface area (Å²) in [6.45, 7) is 4.82. The number of unbranched alkanes of at least 4 members (excludes halogenated alkanes) is 6. The summed E-state index contributed by atoms with van der Waals surface area (Å²) in [5.74, 6) is -0.938. The summed E-state index contributed by atoms with van der Waals surface area (Å²) in [6.07, 6.45) is 9.05. The summed E-state index contributed by atoms with van der Waals surface area (Å²) in [4.78, 5) is 12.4. The topological polar surface area (TPSA) is 54.4 Å². The van der Waals surface area contributed by atoms with Gasteiger partial charge in [0.05, 0.1) is 6.10 Å². The van der Waals surface area contributed by atoms with Crippen molar-refractivity contribution in [1.82, 2.24) is 0 Å². The molecule has 4 aliphatic rings. The molecule has 4 fully saturated rings. The molecule has 9 heteroatoms. The minimum absolute atomic E-state index is 0.0465. The molecule has 4 rings (SSSR count). The molecule has 1 N–H and O–H groups in total. The van der Waals surface area contributed by atoms with Crippen molar-refractivity contribution >= 4 is 16.6 Å². The first kappa shape index (κ1) is 34.3. The van der Waals surface area contributed by atoms with Crippen molar-refractivity contribution in [2.45, 2.75) is 148 Å². The van der Waals surface area contributed by atoms with E-state index in [1.165, 1.54) is 25.7 Å². The SMILES string of the molecule is C[C@]12CC[C@H]3[C@@H]([C@H](CCCCCCCCCS(=O)CCCC(F)(F)C(F)(F)F)CC4CC(=O)CC[C@@]43C)[C@@H]1CC[C@@H]2O. The number of Topliss-reactive ketones (excluding diaryl/α,β-unsaturated/α-hetero) is 1. The number of ketones is 1. The molecule has 0 bridgehead atoms. The first-order chi connectivity index (χ1) is 19.7. The molecule has 0 heterocycles. The number of hydrogen-bond acceptors (Lipinski definition) is 3. The Balaban J connectivity index is 1.16. The minimum Gasteiger partial charge on any atom is -0.393 e. The molecule has 0 aromatic rings. The van der Waals surface area contributed by atoms with Crippen LogP contribution < -0.4 is 0 Å². The Morgan fingerprint density at radius 3 is 2.14 bits per heavy atom. The molecule has 0 amide bonds. The monoisotopic (exact) mass is 624 g/mol. The zero-order chi connectivity index (χ0) is 30.8. The predicted octanol–water partition coefficient (Wildman–Crippen LogP) is 9.03. The predicted molar refractivity (Wildman–Crippen MR) is 157 cm³/mol. The number of aliphatic hydroxyl groups is 1. The van der Waals surface area contributed by atoms with Crippen molar-refractivity contribution in [2.75, 3.05) is 11.5 Å². The molecule has 9 atom stereocenters. The van der Waals surface area contributed by atoms with Crippen LogP contribution in [-0.4, -0.2) is 44.8 Å². The molecule has 0 spiro atoms. The lowest BCUT2D eigenvalue weighted by Gasteiger charge is -2.62. The van der Waals surface area contributed by atoms with Gasteiger partial charge in [0.1, 0.15) is 5.78 Å². The Morgan fingerprint density at radius 1 is 0.833 bits per heavy atom. The zero-order valence-corrected chi connectivity index (χ0v) is 26.5. The first-order valence-corrected chi connectivity index (χ1v) is 18.2. The lowest BCUT2D eigenvalue weighted by molar-refractivity contribution is -0.284. The average molecular weight is 625 g/mol. The molecule has 4 saturated carbocycles. The van der Waals surface area contributed by atoms with Crippen LogP contribution in [0.25, 0.3) is 0 Å². The second-order valence-electron chi connectivity index (χ2n) is 14.8. The van der Waals surface area contributed by atoms with Crippen LogP contribution in [-0.2, 0) is 15.6 Å². The number of hydrogen-bond donors (Lipinski definition) is 1. The molecule has 244 valence electrons. The highest BCUT2D eigenvalue weighted by Crippen LogP contribution is 2.67. The van der Waals surface area contributed by atoms with Crippen LogP contribution in [0.1, 0.15) is 129 Å². The van der Waals surface area contributed by atoms with Gasteiger partial charge in [0.2, 0.25) is 0 Å². The maximum Gasteiger partial charge on any atom is 0.453 e. The fourth-order valence-corrected chi connectivity index (χ4v) is 10.9. The molecule has 0 saturated heterocycles. The van der Waals surface area contributed by atoms with Crippen LogP contribution in [0.5, 0.6) is 0 Å². The van der Waals surface area contributed by atoms with Gasteiger partial charge in [-0.15, -0.1) is 0 Å². The summed E-state index contributed by atoms with van der Waals surface area (Å²) >= 11 is 0. The number of rotatable bonds is 14. The summed E-state index contributed by atoms with van der Waals surface area (Å²) in [6, 6.07) is 0. The molecule has 42 heavy (non-hydrogen) atoms. The van der Waals surface area contributed by atoms with Gasteiger partial charge < -0.3 is 5.11 Å². The number of carbonyl (C=O) groups excluding carboxylic acids is 1. The van der Waals surface area contributed by atoms with Gasteiger partial charge in [-0.1, -0.05) is 58.8 Å². The third-order valence-corrected chi connectivity index (χ3v) is 13.8. The lowest BCUT2D eigenvalue weighted by Crippen LogP contribution is -2.57. The molecular weight excluding hydrogens is 571 g/mol. The smallest absolute Gasteiger partial charge is 0.393 e. The van der Waals surface area contributed by atoms with Crippen LogP contribution >= 0.6 is 0 Å². The zero-order valence-electron chi connectivity index (χ0n) is 25.7. The van der Waals surface area contributed by atoms with E-state index in [0.29, 0.717) is 47.5 Å². The third-order valence-electron chi connectivity index (χ3n) is 12.3. The third kappa shape index (κ3) is 7.45. The van der Waals surface area contributed by atoms with E-state index >= 15 is 0 Å². The highest BCUT2D eigenvalue weighted by molar-refractivity contribution is 7.84. The van der Waals surface area contributed by atoms with Crippen molar-refractivity contribution in [3.05, 3.63) is 0 Å². The molecule has 0 aliphatic heterocycles. The van der Waals surface area contributed by atoms with Crippen molar-refractivity contribution in [1.29, 1.82) is 0 Å². The van der Waals surface area contributed by atoms with Gasteiger partial charge >= 0.3 is 12.1 Å². The quantitative estimate of drug-likeness (QED) is 0.155. The van der Waals surface area contributed by atoms with Crippen molar-refractivity contribution in [3.8, 4) is 0 Å². The molecule has 0 aromatic carbocycles.